The van der Waals surface area contributed by atoms with E-state index in [0.717, 1.165) is 31.6 Å². The normalized spacial score (nSPS) is 21.2. The predicted molar refractivity (Wildman–Crippen MR) is 91.9 cm³/mol. The van der Waals surface area contributed by atoms with Crippen molar-refractivity contribution in [3.05, 3.63) is 29.8 Å². The lowest BCUT2D eigenvalue weighted by Gasteiger charge is -2.41. The molecule has 1 aromatic rings. The molecule has 128 valence electrons. The fraction of sp³-hybridized carbons (Fsp3) is 0.556. The van der Waals surface area contributed by atoms with E-state index in [4.69, 9.17) is 10.00 Å². The minimum absolute atomic E-state index is 0.102. The van der Waals surface area contributed by atoms with Gasteiger partial charge in [-0.05, 0) is 37.1 Å². The third kappa shape index (κ3) is 3.62. The van der Waals surface area contributed by atoms with Crippen molar-refractivity contribution in [3.63, 3.8) is 0 Å². The Kier molecular flexibility index (Phi) is 5.21. The Morgan fingerprint density at radius 3 is 2.62 bits per heavy atom. The number of hydrogen-bond acceptors (Lipinski definition) is 4. The number of carbonyl (C=O) groups is 1. The molecule has 2 heterocycles. The van der Waals surface area contributed by atoms with Crippen LogP contribution in [0.1, 0.15) is 18.4 Å². The van der Waals surface area contributed by atoms with Crippen LogP contribution in [0.3, 0.4) is 0 Å². The summed E-state index contributed by atoms with van der Waals surface area (Å²) in [6, 6.07) is 10.1. The first-order valence-corrected chi connectivity index (χ1v) is 8.53. The SMILES string of the molecule is CN(C(=O)N1CCOCC1)C1CCCN(c2ccc(C#N)cc2)C1. The van der Waals surface area contributed by atoms with E-state index in [1.165, 1.54) is 0 Å². The van der Waals surface area contributed by atoms with Gasteiger partial charge in [-0.2, -0.15) is 5.26 Å². The van der Waals surface area contributed by atoms with Crippen molar-refractivity contribution in [1.29, 1.82) is 5.26 Å². The third-order valence-electron chi connectivity index (χ3n) is 4.89. The number of morpholine rings is 1. The van der Waals surface area contributed by atoms with Crippen molar-refractivity contribution in [2.75, 3.05) is 51.3 Å². The number of ether oxygens (including phenoxy) is 1. The van der Waals surface area contributed by atoms with Crippen LogP contribution in [-0.4, -0.2) is 68.3 Å². The summed E-state index contributed by atoms with van der Waals surface area (Å²) >= 11 is 0. The van der Waals surface area contributed by atoms with Gasteiger partial charge in [-0.1, -0.05) is 0 Å². The van der Waals surface area contributed by atoms with Gasteiger partial charge in [-0.15, -0.1) is 0 Å². The van der Waals surface area contributed by atoms with Gasteiger partial charge < -0.3 is 19.4 Å². The summed E-state index contributed by atoms with van der Waals surface area (Å²) in [5.74, 6) is 0. The third-order valence-corrected chi connectivity index (χ3v) is 4.89. The number of rotatable bonds is 2. The van der Waals surface area contributed by atoms with E-state index in [-0.39, 0.29) is 12.1 Å². The fourth-order valence-corrected chi connectivity index (χ4v) is 3.39. The van der Waals surface area contributed by atoms with Gasteiger partial charge in [-0.25, -0.2) is 4.79 Å². The van der Waals surface area contributed by atoms with Crippen molar-refractivity contribution >= 4 is 11.7 Å². The minimum Gasteiger partial charge on any atom is -0.378 e. The molecule has 6 heteroatoms. The Morgan fingerprint density at radius 2 is 1.96 bits per heavy atom. The van der Waals surface area contributed by atoms with Crippen LogP contribution < -0.4 is 4.90 Å². The molecule has 1 aromatic carbocycles. The quantitative estimate of drug-likeness (QED) is 0.832. The highest BCUT2D eigenvalue weighted by molar-refractivity contribution is 5.74. The molecule has 1 atom stereocenters. The molecule has 6 nitrogen and oxygen atoms in total. The average molecular weight is 328 g/mol. The Morgan fingerprint density at radius 1 is 1.25 bits per heavy atom. The minimum atomic E-state index is 0.102. The van der Waals surface area contributed by atoms with Crippen LogP contribution in [0.15, 0.2) is 24.3 Å². The first-order chi connectivity index (χ1) is 11.7. The molecule has 2 aliphatic heterocycles. The molecule has 0 saturated carbocycles. The van der Waals surface area contributed by atoms with Crippen LogP contribution in [0, 0.1) is 11.3 Å². The van der Waals surface area contributed by atoms with E-state index in [1.807, 2.05) is 41.1 Å². The lowest BCUT2D eigenvalue weighted by atomic mass is 10.0. The number of likely N-dealkylation sites (N-methyl/N-ethyl adjacent to an activating group) is 1. The van der Waals surface area contributed by atoms with E-state index in [1.54, 1.807) is 0 Å². The number of nitrogens with zero attached hydrogens (tertiary/aromatic N) is 4. The zero-order valence-corrected chi connectivity index (χ0v) is 14.1. The van der Waals surface area contributed by atoms with Crippen molar-refractivity contribution in [2.24, 2.45) is 0 Å². The number of anilines is 1. The maximum atomic E-state index is 12.7. The average Bonchev–Trinajstić information content (AvgIpc) is 2.67. The van der Waals surface area contributed by atoms with Crippen LogP contribution in [0.5, 0.6) is 0 Å². The number of amides is 2. The van der Waals surface area contributed by atoms with Crippen molar-refractivity contribution < 1.29 is 9.53 Å². The maximum absolute atomic E-state index is 12.7. The summed E-state index contributed by atoms with van der Waals surface area (Å²) in [6.45, 7) is 4.42. The lowest BCUT2D eigenvalue weighted by molar-refractivity contribution is 0.0414. The maximum Gasteiger partial charge on any atom is 0.320 e. The number of hydrogen-bond donors (Lipinski definition) is 0. The monoisotopic (exact) mass is 328 g/mol. The van der Waals surface area contributed by atoms with E-state index in [9.17, 15) is 4.79 Å². The van der Waals surface area contributed by atoms with Crippen LogP contribution in [0.25, 0.3) is 0 Å². The van der Waals surface area contributed by atoms with Crippen molar-refractivity contribution in [1.82, 2.24) is 9.80 Å². The molecular formula is C18H24N4O2. The smallest absolute Gasteiger partial charge is 0.320 e. The van der Waals surface area contributed by atoms with Crippen LogP contribution in [0.2, 0.25) is 0 Å². The number of piperidine rings is 1. The summed E-state index contributed by atoms with van der Waals surface area (Å²) in [6.07, 6.45) is 2.09. The molecule has 2 saturated heterocycles. The molecule has 0 N–H and O–H groups in total. The number of nitriles is 1. The standard InChI is InChI=1S/C18H24N4O2/c1-20(18(23)21-9-11-24-12-10-21)17-3-2-8-22(14-17)16-6-4-15(13-19)5-7-16/h4-7,17H,2-3,8-12,14H2,1H3. The topological polar surface area (TPSA) is 59.8 Å². The zero-order valence-electron chi connectivity index (χ0n) is 14.1. The number of urea groups is 1. The zero-order chi connectivity index (χ0) is 16.9. The molecule has 0 radical (unpaired) electrons. The second kappa shape index (κ2) is 7.54. The Hall–Kier alpha value is -2.26. The first kappa shape index (κ1) is 16.6. The highest BCUT2D eigenvalue weighted by atomic mass is 16.5. The molecular weight excluding hydrogens is 304 g/mol. The van der Waals surface area contributed by atoms with Gasteiger partial charge in [0.25, 0.3) is 0 Å². The van der Waals surface area contributed by atoms with Crippen molar-refractivity contribution in [2.45, 2.75) is 18.9 Å². The van der Waals surface area contributed by atoms with Gasteiger partial charge in [0.2, 0.25) is 0 Å². The van der Waals surface area contributed by atoms with Crippen LogP contribution in [-0.2, 0) is 4.74 Å². The molecule has 3 rings (SSSR count). The molecule has 0 bridgehead atoms. The van der Waals surface area contributed by atoms with Gasteiger partial charge in [0, 0.05) is 38.9 Å². The van der Waals surface area contributed by atoms with Crippen molar-refractivity contribution in [3.8, 4) is 6.07 Å². The van der Waals surface area contributed by atoms with Crippen LogP contribution in [0.4, 0.5) is 10.5 Å². The molecule has 1 unspecified atom stereocenters. The molecule has 24 heavy (non-hydrogen) atoms. The summed E-state index contributed by atoms with van der Waals surface area (Å²) in [5, 5.41) is 8.92. The summed E-state index contributed by atoms with van der Waals surface area (Å²) < 4.78 is 5.33. The molecule has 2 aliphatic rings. The second-order valence-electron chi connectivity index (χ2n) is 6.39. The Labute approximate surface area is 143 Å². The predicted octanol–water partition coefficient (Wildman–Crippen LogP) is 1.91. The Balaban J connectivity index is 1.63. The summed E-state index contributed by atoms with van der Waals surface area (Å²) in [7, 11) is 1.91. The lowest BCUT2D eigenvalue weighted by Crippen LogP contribution is -2.54. The fourth-order valence-electron chi connectivity index (χ4n) is 3.39. The van der Waals surface area contributed by atoms with Gasteiger partial charge >= 0.3 is 6.03 Å². The van der Waals surface area contributed by atoms with Gasteiger partial charge in [-0.3, -0.25) is 0 Å². The first-order valence-electron chi connectivity index (χ1n) is 8.53. The van der Waals surface area contributed by atoms with E-state index in [2.05, 4.69) is 11.0 Å². The molecule has 0 aliphatic carbocycles. The Bertz CT molecular complexity index is 604. The van der Waals surface area contributed by atoms with Gasteiger partial charge in [0.05, 0.1) is 30.9 Å². The van der Waals surface area contributed by atoms with E-state index < -0.39 is 0 Å². The largest absolute Gasteiger partial charge is 0.378 e. The van der Waals surface area contributed by atoms with Gasteiger partial charge in [0.15, 0.2) is 0 Å². The molecule has 0 aromatic heterocycles. The van der Waals surface area contributed by atoms with Gasteiger partial charge in [0.1, 0.15) is 0 Å². The molecule has 2 fully saturated rings. The highest BCUT2D eigenvalue weighted by Crippen LogP contribution is 2.23. The number of benzene rings is 1. The van der Waals surface area contributed by atoms with E-state index in [0.29, 0.717) is 31.9 Å². The van der Waals surface area contributed by atoms with Crippen LogP contribution >= 0.6 is 0 Å². The molecule has 0 spiro atoms. The summed E-state index contributed by atoms with van der Waals surface area (Å²) in [4.78, 5) is 18.7. The highest BCUT2D eigenvalue weighted by Gasteiger charge is 2.29. The second-order valence-corrected chi connectivity index (χ2v) is 6.39. The van der Waals surface area contributed by atoms with E-state index >= 15 is 0 Å². The summed E-state index contributed by atoms with van der Waals surface area (Å²) in [5.41, 5.74) is 1.79. The number of carbonyl (C=O) groups excluding carboxylic acids is 1. The molecule has 2 amide bonds.